The third-order valence-corrected chi connectivity index (χ3v) is 6.89. The summed E-state index contributed by atoms with van der Waals surface area (Å²) in [6, 6.07) is 8.94. The molecule has 9 nitrogen and oxygen atoms in total. The van der Waals surface area contributed by atoms with Crippen LogP contribution in [0.25, 0.3) is 0 Å². The van der Waals surface area contributed by atoms with E-state index in [2.05, 4.69) is 0 Å². The van der Waals surface area contributed by atoms with Crippen molar-refractivity contribution in [2.24, 2.45) is 11.8 Å². The zero-order chi connectivity index (χ0) is 24.6. The number of non-ortho nitro benzene ring substituents is 1. The highest BCUT2D eigenvalue weighted by atomic mass is 35.5. The summed E-state index contributed by atoms with van der Waals surface area (Å²) in [4.78, 5) is 63.1. The molecule has 2 aromatic rings. The van der Waals surface area contributed by atoms with Gasteiger partial charge < -0.3 is 0 Å². The van der Waals surface area contributed by atoms with E-state index in [4.69, 9.17) is 23.2 Å². The molecule has 2 aliphatic rings. The van der Waals surface area contributed by atoms with Gasteiger partial charge in [-0.2, -0.15) is 5.01 Å². The standard InChI is InChI=1S/C23H19Cl2N3O6/c24-18-10-7-14(11-19(18)25)21(30)26(12-20(29)13-5-8-15(9-6-13)28(33)34)27-22(31)16-3-1-2-4-17(16)23(27)32/h5-11,16-17H,1-4,12H2/t16-,17-/m1/s1. The van der Waals surface area contributed by atoms with Crippen LogP contribution in [0.2, 0.25) is 10.0 Å². The molecule has 0 N–H and O–H groups in total. The van der Waals surface area contributed by atoms with E-state index in [0.717, 1.165) is 22.9 Å². The number of ketones is 1. The molecule has 0 spiro atoms. The Labute approximate surface area is 204 Å². The number of Topliss-reactive ketones (excluding diaryl/α,β-unsaturated/α-hetero) is 1. The number of nitro groups is 1. The summed E-state index contributed by atoms with van der Waals surface area (Å²) in [7, 11) is 0. The van der Waals surface area contributed by atoms with E-state index in [1.165, 1.54) is 42.5 Å². The van der Waals surface area contributed by atoms with Gasteiger partial charge in [-0.3, -0.25) is 29.3 Å². The van der Waals surface area contributed by atoms with Gasteiger partial charge in [-0.05, 0) is 43.2 Å². The summed E-state index contributed by atoms with van der Waals surface area (Å²) < 4.78 is 0. The molecule has 0 bridgehead atoms. The molecule has 4 rings (SSSR count). The maximum atomic E-state index is 13.4. The fraction of sp³-hybridized carbons (Fsp3) is 0.304. The molecule has 2 aromatic carbocycles. The SMILES string of the molecule is O=C(CN(C(=O)c1ccc(Cl)c(Cl)c1)N1C(=O)[C@@H]2CCCC[C@H]2C1=O)c1ccc([N+](=O)[O-])cc1. The number of carbonyl (C=O) groups excluding carboxylic acids is 4. The van der Waals surface area contributed by atoms with Crippen molar-refractivity contribution in [1.82, 2.24) is 10.0 Å². The molecule has 0 unspecified atom stereocenters. The van der Waals surface area contributed by atoms with Gasteiger partial charge in [0, 0.05) is 23.3 Å². The van der Waals surface area contributed by atoms with Crippen molar-refractivity contribution in [2.45, 2.75) is 25.7 Å². The zero-order valence-electron chi connectivity index (χ0n) is 17.8. The van der Waals surface area contributed by atoms with E-state index in [-0.39, 0.29) is 26.9 Å². The molecule has 3 amide bonds. The van der Waals surface area contributed by atoms with Crippen molar-refractivity contribution in [2.75, 3.05) is 6.54 Å². The molecule has 1 aliphatic carbocycles. The minimum absolute atomic E-state index is 0.0429. The second-order valence-electron chi connectivity index (χ2n) is 8.20. The van der Waals surface area contributed by atoms with E-state index in [0.29, 0.717) is 12.8 Å². The molecule has 11 heteroatoms. The number of nitrogens with zero attached hydrogens (tertiary/aromatic N) is 3. The van der Waals surface area contributed by atoms with Crippen LogP contribution >= 0.6 is 23.2 Å². The van der Waals surface area contributed by atoms with Crippen LogP contribution in [0, 0.1) is 22.0 Å². The van der Waals surface area contributed by atoms with Crippen molar-refractivity contribution in [3.8, 4) is 0 Å². The maximum Gasteiger partial charge on any atom is 0.273 e. The van der Waals surface area contributed by atoms with Crippen LogP contribution in [0.3, 0.4) is 0 Å². The van der Waals surface area contributed by atoms with Gasteiger partial charge in [-0.25, -0.2) is 5.01 Å². The first-order valence-corrected chi connectivity index (χ1v) is 11.4. The summed E-state index contributed by atoms with van der Waals surface area (Å²) in [5.74, 6) is -3.45. The Bertz CT molecular complexity index is 1180. The fourth-order valence-corrected chi connectivity index (χ4v) is 4.69. The Morgan fingerprint density at radius 3 is 2.03 bits per heavy atom. The van der Waals surface area contributed by atoms with Gasteiger partial charge in [-0.1, -0.05) is 36.0 Å². The largest absolute Gasteiger partial charge is 0.292 e. The minimum Gasteiger partial charge on any atom is -0.292 e. The van der Waals surface area contributed by atoms with Crippen molar-refractivity contribution in [1.29, 1.82) is 0 Å². The van der Waals surface area contributed by atoms with E-state index in [9.17, 15) is 29.3 Å². The van der Waals surface area contributed by atoms with Gasteiger partial charge in [0.1, 0.15) is 6.54 Å². The molecule has 0 radical (unpaired) electrons. The zero-order valence-corrected chi connectivity index (χ0v) is 19.3. The number of rotatable bonds is 6. The Morgan fingerprint density at radius 1 is 0.941 bits per heavy atom. The fourth-order valence-electron chi connectivity index (χ4n) is 4.39. The van der Waals surface area contributed by atoms with Gasteiger partial charge in [0.05, 0.1) is 26.8 Å². The number of hydrogen-bond acceptors (Lipinski definition) is 6. The molecule has 1 aliphatic heterocycles. The van der Waals surface area contributed by atoms with Crippen molar-refractivity contribution >= 4 is 52.4 Å². The third kappa shape index (κ3) is 4.41. The van der Waals surface area contributed by atoms with Gasteiger partial charge in [0.2, 0.25) is 0 Å². The van der Waals surface area contributed by atoms with Gasteiger partial charge in [0.25, 0.3) is 23.4 Å². The van der Waals surface area contributed by atoms with E-state index in [1.807, 2.05) is 0 Å². The number of benzene rings is 2. The highest BCUT2D eigenvalue weighted by molar-refractivity contribution is 6.42. The molecule has 1 heterocycles. The number of nitro benzene ring substituents is 1. The summed E-state index contributed by atoms with van der Waals surface area (Å²) >= 11 is 12.0. The highest BCUT2D eigenvalue weighted by Crippen LogP contribution is 2.39. The molecule has 1 saturated carbocycles. The first-order chi connectivity index (χ1) is 16.2. The lowest BCUT2D eigenvalue weighted by atomic mass is 9.81. The topological polar surface area (TPSA) is 118 Å². The Kier molecular flexibility index (Phi) is 6.67. The van der Waals surface area contributed by atoms with Crippen LogP contribution in [0.4, 0.5) is 5.69 Å². The molecule has 2 fully saturated rings. The van der Waals surface area contributed by atoms with Crippen molar-refractivity contribution < 1.29 is 24.1 Å². The lowest BCUT2D eigenvalue weighted by Crippen LogP contribution is -2.52. The number of hydrazine groups is 1. The predicted octanol–water partition coefficient (Wildman–Crippen LogP) is 4.32. The molecule has 1 saturated heterocycles. The third-order valence-electron chi connectivity index (χ3n) is 6.15. The normalized spacial score (nSPS) is 19.6. The number of fused-ring (bicyclic) bond motifs is 1. The van der Waals surface area contributed by atoms with Crippen molar-refractivity contribution in [3.63, 3.8) is 0 Å². The van der Waals surface area contributed by atoms with E-state index >= 15 is 0 Å². The summed E-state index contributed by atoms with van der Waals surface area (Å²) in [5, 5.41) is 12.8. The van der Waals surface area contributed by atoms with Crippen molar-refractivity contribution in [3.05, 3.63) is 73.8 Å². The smallest absolute Gasteiger partial charge is 0.273 e. The van der Waals surface area contributed by atoms with Crippen LogP contribution in [0.1, 0.15) is 46.4 Å². The van der Waals surface area contributed by atoms with Crippen LogP contribution in [-0.4, -0.2) is 45.0 Å². The second kappa shape index (κ2) is 9.52. The molecule has 0 aromatic heterocycles. The Morgan fingerprint density at radius 2 is 1.50 bits per heavy atom. The first kappa shape index (κ1) is 23.8. The van der Waals surface area contributed by atoms with Gasteiger partial charge >= 0.3 is 0 Å². The minimum atomic E-state index is -0.769. The average Bonchev–Trinajstić information content (AvgIpc) is 3.09. The molecular formula is C23H19Cl2N3O6. The number of imide groups is 1. The van der Waals surface area contributed by atoms with E-state index < -0.39 is 46.8 Å². The summed E-state index contributed by atoms with van der Waals surface area (Å²) in [6.07, 6.45) is 2.68. The van der Waals surface area contributed by atoms with Gasteiger partial charge in [0.15, 0.2) is 5.78 Å². The maximum absolute atomic E-state index is 13.4. The molecule has 2 atom stereocenters. The van der Waals surface area contributed by atoms with Crippen LogP contribution in [0.5, 0.6) is 0 Å². The Hall–Kier alpha value is -3.30. The first-order valence-electron chi connectivity index (χ1n) is 10.6. The molecule has 176 valence electrons. The highest BCUT2D eigenvalue weighted by Gasteiger charge is 2.51. The van der Waals surface area contributed by atoms with Crippen LogP contribution in [0.15, 0.2) is 42.5 Å². The average molecular weight is 504 g/mol. The number of hydrogen-bond donors (Lipinski definition) is 0. The van der Waals surface area contributed by atoms with E-state index in [1.54, 1.807) is 0 Å². The molecule has 34 heavy (non-hydrogen) atoms. The number of halogens is 2. The van der Waals surface area contributed by atoms with Crippen LogP contribution < -0.4 is 0 Å². The Balaban J connectivity index is 1.69. The monoisotopic (exact) mass is 503 g/mol. The van der Waals surface area contributed by atoms with Gasteiger partial charge in [-0.15, -0.1) is 0 Å². The number of carbonyl (C=O) groups is 4. The summed E-state index contributed by atoms with van der Waals surface area (Å²) in [6.45, 7) is -0.617. The lowest BCUT2D eigenvalue weighted by molar-refractivity contribution is -0.384. The second-order valence-corrected chi connectivity index (χ2v) is 9.02. The number of amides is 3. The van der Waals surface area contributed by atoms with Crippen LogP contribution in [-0.2, 0) is 9.59 Å². The quantitative estimate of drug-likeness (QED) is 0.250. The predicted molar refractivity (Wildman–Crippen MR) is 122 cm³/mol. The lowest BCUT2D eigenvalue weighted by Gasteiger charge is -2.30. The summed E-state index contributed by atoms with van der Waals surface area (Å²) in [5.41, 5.74) is -0.0651. The molecular weight excluding hydrogens is 485 g/mol.